The summed E-state index contributed by atoms with van der Waals surface area (Å²) in [6, 6.07) is 0. The summed E-state index contributed by atoms with van der Waals surface area (Å²) in [7, 11) is -2.41. The lowest BCUT2D eigenvalue weighted by Crippen LogP contribution is -2.25. The zero-order valence-corrected chi connectivity index (χ0v) is 6.87. The second kappa shape index (κ2) is 3.17. The topological polar surface area (TPSA) is 46.2 Å². The average molecular weight is 151 g/mol. The van der Waals surface area contributed by atoms with Gasteiger partial charge in [-0.3, -0.25) is 0 Å². The first kappa shape index (κ1) is 8.91. The molecule has 1 N–H and O–H groups in total. The molecule has 0 aromatic rings. The largest absolute Gasteiger partial charge is 0.217 e. The minimum absolute atomic E-state index is 0.0371. The Morgan fingerprint density at radius 3 is 1.89 bits per heavy atom. The van der Waals surface area contributed by atoms with E-state index in [4.69, 9.17) is 0 Å². The van der Waals surface area contributed by atoms with Crippen LogP contribution in [-0.2, 0) is 10.9 Å². The monoisotopic (exact) mass is 151 g/mol. The molecule has 0 spiro atoms. The highest BCUT2D eigenvalue weighted by molar-refractivity contribution is 7.70. The van der Waals surface area contributed by atoms with E-state index in [2.05, 4.69) is 4.72 Å². The van der Waals surface area contributed by atoms with Crippen molar-refractivity contribution in [2.45, 2.75) is 20.8 Å². The van der Waals surface area contributed by atoms with Crippen LogP contribution in [0.1, 0.15) is 20.8 Å². The molecule has 0 unspecified atom stereocenters. The third kappa shape index (κ3) is 7.91. The van der Waals surface area contributed by atoms with E-state index < -0.39 is 10.9 Å². The van der Waals surface area contributed by atoms with Crippen molar-refractivity contribution in [1.29, 1.82) is 0 Å². The van der Waals surface area contributed by atoms with Gasteiger partial charge in [-0.1, -0.05) is 20.8 Å². The van der Waals surface area contributed by atoms with Crippen LogP contribution in [0.5, 0.6) is 0 Å². The number of rotatable bonds is 2. The summed E-state index contributed by atoms with van der Waals surface area (Å²) in [6.07, 6.45) is 0. The fraction of sp³-hybridized carbons (Fsp3) is 1.00. The Hall–Kier alpha value is -0.0900. The number of hydrogen-bond donors (Lipinski definition) is 2. The van der Waals surface area contributed by atoms with Crippen LogP contribution in [0.15, 0.2) is 0 Å². The molecule has 0 atom stereocenters. The molecule has 0 aliphatic carbocycles. The average Bonchev–Trinajstić information content (AvgIpc) is 1.59. The van der Waals surface area contributed by atoms with Crippen LogP contribution in [-0.4, -0.2) is 15.0 Å². The van der Waals surface area contributed by atoms with E-state index >= 15 is 0 Å². The minimum atomic E-state index is -2.41. The molecule has 0 saturated carbocycles. The first-order valence-electron chi connectivity index (χ1n) is 2.80. The number of thiol groups is 1. The molecule has 0 bridgehead atoms. The summed E-state index contributed by atoms with van der Waals surface area (Å²) < 4.78 is 22.3. The van der Waals surface area contributed by atoms with Gasteiger partial charge < -0.3 is 0 Å². The molecular weight excluding hydrogens is 138 g/mol. The first-order chi connectivity index (χ1) is 3.92. The van der Waals surface area contributed by atoms with Crippen molar-refractivity contribution in [3.8, 4) is 0 Å². The normalized spacial score (nSPS) is 12.4. The molecule has 3 nitrogen and oxygen atoms in total. The molecule has 0 aromatic carbocycles. The van der Waals surface area contributed by atoms with Crippen LogP contribution < -0.4 is 4.72 Å². The molecule has 0 heterocycles. The zero-order chi connectivity index (χ0) is 7.49. The lowest BCUT2D eigenvalue weighted by atomic mass is 9.98. The Bertz CT molecular complexity index is 138. The van der Waals surface area contributed by atoms with E-state index in [1.807, 2.05) is 20.8 Å². The summed E-state index contributed by atoms with van der Waals surface area (Å²) >= 11 is 0. The third-order valence-electron chi connectivity index (χ3n) is 0.738. The van der Waals surface area contributed by atoms with Crippen molar-refractivity contribution >= 4 is 10.9 Å². The van der Waals surface area contributed by atoms with Gasteiger partial charge in [0.25, 0.3) is 0 Å². The fourth-order valence-electron chi connectivity index (χ4n) is 0.302. The smallest absolute Gasteiger partial charge is 0.201 e. The first-order valence-corrected chi connectivity index (χ1v) is 3.97. The number of hydrogen-bond acceptors (Lipinski definition) is 2. The molecule has 0 aliphatic rings. The van der Waals surface area contributed by atoms with Gasteiger partial charge in [0.2, 0.25) is 10.9 Å². The van der Waals surface area contributed by atoms with E-state index in [1.165, 1.54) is 0 Å². The Kier molecular flexibility index (Phi) is 3.14. The van der Waals surface area contributed by atoms with Crippen molar-refractivity contribution in [3.63, 3.8) is 0 Å². The van der Waals surface area contributed by atoms with Gasteiger partial charge in [0, 0.05) is 6.54 Å². The minimum Gasteiger partial charge on any atom is -0.217 e. The van der Waals surface area contributed by atoms with Crippen LogP contribution >= 0.6 is 0 Å². The standard InChI is InChI=1S/C5H13NO2S/c1-5(2,3)4-6-9(7)8/h9H,4H2,1-3H3,(H,6,7,8). The van der Waals surface area contributed by atoms with Crippen LogP contribution in [0.25, 0.3) is 0 Å². The Balaban J connectivity index is 3.52. The summed E-state index contributed by atoms with van der Waals surface area (Å²) in [5.41, 5.74) is 0.0371. The lowest BCUT2D eigenvalue weighted by molar-refractivity contribution is 0.410. The maximum absolute atomic E-state index is 9.97. The summed E-state index contributed by atoms with van der Waals surface area (Å²) in [5.74, 6) is 0. The number of nitrogens with one attached hydrogen (secondary N) is 1. The fourth-order valence-corrected chi connectivity index (χ4v) is 0.905. The second-order valence-corrected chi connectivity index (χ2v) is 3.98. The Morgan fingerprint density at radius 2 is 1.78 bits per heavy atom. The summed E-state index contributed by atoms with van der Waals surface area (Å²) in [6.45, 7) is 6.42. The van der Waals surface area contributed by atoms with Crippen LogP contribution in [0, 0.1) is 5.41 Å². The maximum Gasteiger partial charge on any atom is 0.201 e. The lowest BCUT2D eigenvalue weighted by Gasteiger charge is -2.15. The molecule has 0 amide bonds. The molecule has 0 aromatic heterocycles. The van der Waals surface area contributed by atoms with E-state index in [1.54, 1.807) is 0 Å². The summed E-state index contributed by atoms with van der Waals surface area (Å²) in [5, 5.41) is 0. The molecule has 0 radical (unpaired) electrons. The highest BCUT2D eigenvalue weighted by Gasteiger charge is 2.08. The SMILES string of the molecule is CC(C)(C)CN[SH](=O)=O. The summed E-state index contributed by atoms with van der Waals surface area (Å²) in [4.78, 5) is 0. The van der Waals surface area contributed by atoms with Crippen LogP contribution in [0.4, 0.5) is 0 Å². The Labute approximate surface area is 57.5 Å². The highest BCUT2D eigenvalue weighted by atomic mass is 32.2. The quantitative estimate of drug-likeness (QED) is 0.552. The molecule has 4 heteroatoms. The van der Waals surface area contributed by atoms with Gasteiger partial charge in [-0.2, -0.15) is 0 Å². The second-order valence-electron chi connectivity index (χ2n) is 3.15. The molecule has 0 rings (SSSR count). The molecule has 56 valence electrons. The highest BCUT2D eigenvalue weighted by Crippen LogP contribution is 2.09. The molecule has 9 heavy (non-hydrogen) atoms. The predicted octanol–water partition coefficient (Wildman–Crippen LogP) is 0.149. The van der Waals surface area contributed by atoms with Crippen molar-refractivity contribution in [2.24, 2.45) is 5.41 Å². The van der Waals surface area contributed by atoms with E-state index in [-0.39, 0.29) is 5.41 Å². The van der Waals surface area contributed by atoms with E-state index in [0.717, 1.165) is 0 Å². The Morgan fingerprint density at radius 1 is 1.33 bits per heavy atom. The van der Waals surface area contributed by atoms with E-state index in [0.29, 0.717) is 6.54 Å². The van der Waals surface area contributed by atoms with Crippen molar-refractivity contribution in [3.05, 3.63) is 0 Å². The third-order valence-corrected chi connectivity index (χ3v) is 1.15. The van der Waals surface area contributed by atoms with Crippen molar-refractivity contribution < 1.29 is 8.42 Å². The van der Waals surface area contributed by atoms with E-state index in [9.17, 15) is 8.42 Å². The van der Waals surface area contributed by atoms with Gasteiger partial charge in [-0.25, -0.2) is 13.1 Å². The molecule has 0 fully saturated rings. The van der Waals surface area contributed by atoms with Crippen molar-refractivity contribution in [1.82, 2.24) is 4.72 Å². The van der Waals surface area contributed by atoms with Crippen molar-refractivity contribution in [2.75, 3.05) is 6.54 Å². The molecular formula is C5H13NO2S. The van der Waals surface area contributed by atoms with Gasteiger partial charge in [0.15, 0.2) is 0 Å². The molecule has 0 aliphatic heterocycles. The maximum atomic E-state index is 9.97. The van der Waals surface area contributed by atoms with Gasteiger partial charge in [-0.05, 0) is 5.41 Å². The molecule has 0 saturated heterocycles. The van der Waals surface area contributed by atoms with Gasteiger partial charge in [0.05, 0.1) is 0 Å². The predicted molar refractivity (Wildman–Crippen MR) is 37.8 cm³/mol. The zero-order valence-electron chi connectivity index (χ0n) is 5.97. The van der Waals surface area contributed by atoms with Crippen LogP contribution in [0.2, 0.25) is 0 Å². The van der Waals surface area contributed by atoms with Crippen LogP contribution in [0.3, 0.4) is 0 Å². The van der Waals surface area contributed by atoms with Gasteiger partial charge in [-0.15, -0.1) is 0 Å². The van der Waals surface area contributed by atoms with Gasteiger partial charge >= 0.3 is 0 Å². The van der Waals surface area contributed by atoms with Gasteiger partial charge in [0.1, 0.15) is 0 Å².